The van der Waals surface area contributed by atoms with Gasteiger partial charge in [0.15, 0.2) is 0 Å². The second-order valence-electron chi connectivity index (χ2n) is 8.00. The smallest absolute Gasteiger partial charge is 0.341 e. The summed E-state index contributed by atoms with van der Waals surface area (Å²) in [5, 5.41) is 44.7. The number of carboxylic acid groups (broad SMARTS) is 1. The monoisotopic (exact) mass is 576 g/mol. The second-order valence-corrected chi connectivity index (χ2v) is 8.00. The molecule has 0 saturated heterocycles. The van der Waals surface area contributed by atoms with E-state index in [0.717, 1.165) is 43.5 Å². The van der Waals surface area contributed by atoms with Crippen molar-refractivity contribution in [2.45, 2.75) is 39.0 Å². The number of phenolic OH excluding ortho intramolecular Hbond substituents is 3. The van der Waals surface area contributed by atoms with Crippen LogP contribution in [0.3, 0.4) is 0 Å². The molecule has 12 heteroatoms. The van der Waals surface area contributed by atoms with Crippen LogP contribution in [-0.2, 0) is 23.8 Å². The first kappa shape index (κ1) is 36.0. The molecule has 0 aromatic heterocycles. The Bertz CT molecular complexity index is 1160. The summed E-state index contributed by atoms with van der Waals surface area (Å²) in [5.41, 5.74) is -0.233. The van der Waals surface area contributed by atoms with Crippen molar-refractivity contribution >= 4 is 23.9 Å². The highest BCUT2D eigenvalue weighted by Gasteiger charge is 2.13. The normalized spacial score (nSPS) is 9.49. The Kier molecular flexibility index (Phi) is 18.4. The minimum atomic E-state index is -1.22. The number of aromatic hydroxyl groups is 4. The molecule has 2 aromatic rings. The third kappa shape index (κ3) is 16.5. The molecule has 0 aliphatic rings. The van der Waals surface area contributed by atoms with Gasteiger partial charge in [0.05, 0.1) is 19.8 Å². The van der Waals surface area contributed by atoms with Gasteiger partial charge in [-0.05, 0) is 43.5 Å². The van der Waals surface area contributed by atoms with Crippen molar-refractivity contribution in [3.63, 3.8) is 0 Å². The number of carbonyl (C=O) groups is 4. The van der Waals surface area contributed by atoms with Crippen LogP contribution in [0.15, 0.2) is 61.7 Å². The summed E-state index contributed by atoms with van der Waals surface area (Å²) >= 11 is 0. The summed E-state index contributed by atoms with van der Waals surface area (Å²) in [7, 11) is 0. The lowest BCUT2D eigenvalue weighted by molar-refractivity contribution is -0.138. The van der Waals surface area contributed by atoms with Gasteiger partial charge < -0.3 is 39.7 Å². The number of carboxylic acids is 1. The third-order valence-corrected chi connectivity index (χ3v) is 4.75. The van der Waals surface area contributed by atoms with E-state index in [1.54, 1.807) is 0 Å². The summed E-state index contributed by atoms with van der Waals surface area (Å²) in [6.45, 7) is 9.55. The highest BCUT2D eigenvalue weighted by Crippen LogP contribution is 2.23. The number of benzene rings is 2. The fraction of sp³-hybridized carbons (Fsp3) is 0.310. The number of ether oxygens (including phenoxy) is 3. The molecular formula is C29H36O12. The van der Waals surface area contributed by atoms with E-state index < -0.39 is 23.7 Å². The first-order valence-corrected chi connectivity index (χ1v) is 12.5. The lowest BCUT2D eigenvalue weighted by atomic mass is 10.2. The van der Waals surface area contributed by atoms with Crippen molar-refractivity contribution < 1.29 is 58.9 Å². The van der Waals surface area contributed by atoms with Crippen molar-refractivity contribution in [1.29, 1.82) is 0 Å². The van der Waals surface area contributed by atoms with E-state index in [1.165, 1.54) is 24.3 Å². The number of hydrogen-bond donors (Lipinski definition) is 5. The Morgan fingerprint density at radius 1 is 0.683 bits per heavy atom. The standard InChI is InChI=1S/C14H16O6.C8H14O2.C7H6O4/c1-2-13(17)19-7-3-4-8-20-14(18)11-6-5-10(15)9-12(11)16;1-3-5-6-7-10-8(9)4-2;8-4-1-2-5(7(10)11)6(9)3-4/h2,5-6,9,15-16H,1,3-4,7-8H2;4H,2-3,5-7H2,1H3;1-3,8-9H,(H,10,11). The largest absolute Gasteiger partial charge is 0.508 e. The summed E-state index contributed by atoms with van der Waals surface area (Å²) in [4.78, 5) is 43.1. The fourth-order valence-corrected chi connectivity index (χ4v) is 2.66. The molecule has 0 fully saturated rings. The zero-order valence-corrected chi connectivity index (χ0v) is 22.8. The number of phenols is 4. The van der Waals surface area contributed by atoms with Crippen LogP contribution in [0.1, 0.15) is 59.7 Å². The first-order valence-electron chi connectivity index (χ1n) is 12.5. The molecule has 0 radical (unpaired) electrons. The van der Waals surface area contributed by atoms with Crippen LogP contribution in [0.25, 0.3) is 0 Å². The molecule has 12 nitrogen and oxygen atoms in total. The number of unbranched alkanes of at least 4 members (excludes halogenated alkanes) is 3. The second kappa shape index (κ2) is 20.9. The molecule has 0 heterocycles. The molecule has 0 aliphatic heterocycles. The Balaban J connectivity index is 0.000000644. The maximum Gasteiger partial charge on any atom is 0.341 e. The predicted molar refractivity (Wildman–Crippen MR) is 148 cm³/mol. The zero-order chi connectivity index (χ0) is 31.2. The Hall–Kier alpha value is -5.00. The van der Waals surface area contributed by atoms with Crippen LogP contribution in [0.5, 0.6) is 23.0 Å². The molecule has 41 heavy (non-hydrogen) atoms. The average molecular weight is 577 g/mol. The van der Waals surface area contributed by atoms with Crippen LogP contribution in [-0.4, -0.2) is 69.2 Å². The van der Waals surface area contributed by atoms with Crippen LogP contribution in [0, 0.1) is 0 Å². The van der Waals surface area contributed by atoms with Gasteiger partial charge >= 0.3 is 23.9 Å². The molecule has 0 aliphatic carbocycles. The van der Waals surface area contributed by atoms with Gasteiger partial charge in [-0.15, -0.1) is 0 Å². The van der Waals surface area contributed by atoms with E-state index in [4.69, 9.17) is 34.6 Å². The van der Waals surface area contributed by atoms with Crippen molar-refractivity contribution in [3.05, 3.63) is 72.8 Å². The summed E-state index contributed by atoms with van der Waals surface area (Å²) in [6, 6.07) is 6.93. The molecule has 224 valence electrons. The Morgan fingerprint density at radius 2 is 1.10 bits per heavy atom. The Labute approximate surface area is 237 Å². The topological polar surface area (TPSA) is 197 Å². The van der Waals surface area contributed by atoms with Gasteiger partial charge in [0, 0.05) is 24.3 Å². The van der Waals surface area contributed by atoms with Gasteiger partial charge in [-0.25, -0.2) is 19.2 Å². The summed E-state index contributed by atoms with van der Waals surface area (Å²) in [5.74, 6) is -3.77. The van der Waals surface area contributed by atoms with Gasteiger partial charge in [0.25, 0.3) is 0 Å². The third-order valence-electron chi connectivity index (χ3n) is 4.75. The molecule has 0 unspecified atom stereocenters. The lowest BCUT2D eigenvalue weighted by Gasteiger charge is -2.06. The summed E-state index contributed by atoms with van der Waals surface area (Å²) in [6.07, 6.45) is 6.55. The van der Waals surface area contributed by atoms with Crippen LogP contribution < -0.4 is 0 Å². The van der Waals surface area contributed by atoms with Gasteiger partial charge in [0.2, 0.25) is 0 Å². The number of carbonyl (C=O) groups excluding carboxylic acids is 3. The maximum atomic E-state index is 11.6. The van der Waals surface area contributed by atoms with Crippen LogP contribution >= 0.6 is 0 Å². The van der Waals surface area contributed by atoms with Crippen molar-refractivity contribution in [2.24, 2.45) is 0 Å². The molecule has 0 saturated carbocycles. The number of esters is 3. The van der Waals surface area contributed by atoms with Crippen molar-refractivity contribution in [3.8, 4) is 23.0 Å². The minimum absolute atomic E-state index is 0.0131. The van der Waals surface area contributed by atoms with E-state index in [2.05, 4.69) is 20.1 Å². The van der Waals surface area contributed by atoms with Crippen molar-refractivity contribution in [2.75, 3.05) is 19.8 Å². The van der Waals surface area contributed by atoms with Crippen LogP contribution in [0.4, 0.5) is 0 Å². The van der Waals surface area contributed by atoms with Gasteiger partial charge in [-0.3, -0.25) is 0 Å². The molecule has 5 N–H and O–H groups in total. The van der Waals surface area contributed by atoms with E-state index in [9.17, 15) is 24.3 Å². The minimum Gasteiger partial charge on any atom is -0.508 e. The molecule has 0 amide bonds. The highest BCUT2D eigenvalue weighted by atomic mass is 16.5. The number of hydrogen-bond acceptors (Lipinski definition) is 11. The van der Waals surface area contributed by atoms with Crippen molar-refractivity contribution in [1.82, 2.24) is 0 Å². The highest BCUT2D eigenvalue weighted by molar-refractivity contribution is 5.92. The molecule has 0 bridgehead atoms. The molecule has 0 spiro atoms. The van der Waals surface area contributed by atoms with Gasteiger partial charge in [0.1, 0.15) is 34.1 Å². The first-order chi connectivity index (χ1) is 19.5. The van der Waals surface area contributed by atoms with E-state index in [1.807, 2.05) is 0 Å². The molecular weight excluding hydrogens is 540 g/mol. The SMILES string of the molecule is C=CC(=O)OCCCCC.C=CC(=O)OCCCCOC(=O)c1ccc(O)cc1O.O=C(O)c1ccc(O)cc1O. The average Bonchev–Trinajstić information content (AvgIpc) is 2.93. The molecule has 2 aromatic carbocycles. The van der Waals surface area contributed by atoms with E-state index >= 15 is 0 Å². The fourth-order valence-electron chi connectivity index (χ4n) is 2.66. The van der Waals surface area contributed by atoms with Gasteiger partial charge in [-0.2, -0.15) is 0 Å². The summed E-state index contributed by atoms with van der Waals surface area (Å²) < 4.78 is 14.4. The quantitative estimate of drug-likeness (QED) is 0.0972. The van der Waals surface area contributed by atoms with E-state index in [-0.39, 0.29) is 47.6 Å². The van der Waals surface area contributed by atoms with E-state index in [0.29, 0.717) is 19.4 Å². The van der Waals surface area contributed by atoms with Gasteiger partial charge in [-0.1, -0.05) is 32.9 Å². The zero-order valence-electron chi connectivity index (χ0n) is 22.8. The number of rotatable bonds is 13. The maximum absolute atomic E-state index is 11.6. The molecule has 2 rings (SSSR count). The molecule has 0 atom stereocenters. The predicted octanol–water partition coefficient (Wildman–Crippen LogP) is 4.47. The number of aromatic carboxylic acids is 1. The van der Waals surface area contributed by atoms with Crippen LogP contribution in [0.2, 0.25) is 0 Å². The lowest BCUT2D eigenvalue weighted by Crippen LogP contribution is -2.08. The Morgan fingerprint density at radius 3 is 1.49 bits per heavy atom.